The molecule has 0 aliphatic carbocycles. The summed E-state index contributed by atoms with van der Waals surface area (Å²) in [6.07, 6.45) is -4.47. The van der Waals surface area contributed by atoms with Gasteiger partial charge in [0.15, 0.2) is 5.96 Å². The van der Waals surface area contributed by atoms with Crippen LogP contribution < -0.4 is 10.6 Å². The molecule has 1 aliphatic heterocycles. The molecular formula is C20H24ClF3N6O2. The van der Waals surface area contributed by atoms with Gasteiger partial charge in [0.1, 0.15) is 6.61 Å². The van der Waals surface area contributed by atoms with Crippen LogP contribution in [0, 0.1) is 0 Å². The molecule has 0 bridgehead atoms. The summed E-state index contributed by atoms with van der Waals surface area (Å²) in [5.74, 6) is 0.632. The third-order valence-electron chi connectivity index (χ3n) is 4.87. The van der Waals surface area contributed by atoms with Crippen LogP contribution >= 0.6 is 11.6 Å². The molecule has 0 radical (unpaired) electrons. The quantitative estimate of drug-likeness (QED) is 0.526. The second kappa shape index (κ2) is 10.1. The van der Waals surface area contributed by atoms with Crippen LogP contribution in [0.15, 0.2) is 29.3 Å². The number of rotatable bonds is 4. The van der Waals surface area contributed by atoms with Crippen molar-refractivity contribution in [3.05, 3.63) is 51.8 Å². The lowest BCUT2D eigenvalue weighted by molar-refractivity contribution is -0.137. The number of nitrogens with one attached hydrogen (secondary N) is 2. The molecule has 1 aliphatic rings. The van der Waals surface area contributed by atoms with Crippen molar-refractivity contribution < 1.29 is 22.7 Å². The summed E-state index contributed by atoms with van der Waals surface area (Å²) in [7, 11) is 3.42. The van der Waals surface area contributed by atoms with Crippen molar-refractivity contribution in [2.75, 3.05) is 20.6 Å². The fourth-order valence-electron chi connectivity index (χ4n) is 3.35. The maximum Gasteiger partial charge on any atom is 0.416 e. The summed E-state index contributed by atoms with van der Waals surface area (Å²) >= 11 is 5.79. The van der Waals surface area contributed by atoms with Crippen LogP contribution in [0.25, 0.3) is 0 Å². The molecule has 0 atom stereocenters. The summed E-state index contributed by atoms with van der Waals surface area (Å²) in [6.45, 7) is 1.54. The molecule has 0 spiro atoms. The zero-order valence-electron chi connectivity index (χ0n) is 17.7. The van der Waals surface area contributed by atoms with E-state index in [1.807, 2.05) is 10.7 Å². The number of carbonyl (C=O) groups excluding carboxylic acids is 1. The summed E-state index contributed by atoms with van der Waals surface area (Å²) in [6, 6.07) is 5.00. The van der Waals surface area contributed by atoms with Crippen LogP contribution in [0.3, 0.4) is 0 Å². The fourth-order valence-corrected chi connectivity index (χ4v) is 3.61. The van der Waals surface area contributed by atoms with Gasteiger partial charge in [-0.05, 0) is 36.2 Å². The van der Waals surface area contributed by atoms with E-state index in [1.54, 1.807) is 14.1 Å². The average molecular weight is 473 g/mol. The fraction of sp³-hybridized carbons (Fsp3) is 0.450. The molecule has 0 saturated heterocycles. The number of aliphatic imine (C=N–C) groups is 1. The van der Waals surface area contributed by atoms with Crippen molar-refractivity contribution in [3.63, 3.8) is 0 Å². The molecule has 0 fully saturated rings. The zero-order valence-corrected chi connectivity index (χ0v) is 18.4. The van der Waals surface area contributed by atoms with E-state index in [1.165, 1.54) is 11.0 Å². The lowest BCUT2D eigenvalue weighted by Gasteiger charge is -2.19. The van der Waals surface area contributed by atoms with Gasteiger partial charge in [-0.2, -0.15) is 18.3 Å². The number of benzene rings is 1. The summed E-state index contributed by atoms with van der Waals surface area (Å²) in [4.78, 5) is 18.1. The van der Waals surface area contributed by atoms with Gasteiger partial charge in [-0.15, -0.1) is 0 Å². The molecule has 2 aromatic rings. The normalized spacial score (nSPS) is 14.6. The van der Waals surface area contributed by atoms with Gasteiger partial charge in [0, 0.05) is 32.2 Å². The summed E-state index contributed by atoms with van der Waals surface area (Å²) in [5.41, 5.74) is 0.928. The number of nitrogens with zero attached hydrogens (tertiary/aromatic N) is 4. The third kappa shape index (κ3) is 6.06. The van der Waals surface area contributed by atoms with Crippen molar-refractivity contribution in [2.45, 2.75) is 38.8 Å². The SMILES string of the molecule is CN=C(NC)NCc1cc2n(n1)CCCN(C(=O)OCc1cc(Cl)cc(C(F)(F)F)c1)C2. The number of hydrogen-bond donors (Lipinski definition) is 2. The van der Waals surface area contributed by atoms with Crippen molar-refractivity contribution in [2.24, 2.45) is 4.99 Å². The summed E-state index contributed by atoms with van der Waals surface area (Å²) in [5, 5.41) is 10.5. The van der Waals surface area contributed by atoms with Crippen LogP contribution in [-0.2, 0) is 37.2 Å². The Morgan fingerprint density at radius 2 is 2.06 bits per heavy atom. The molecule has 0 unspecified atom stereocenters. The van der Waals surface area contributed by atoms with Crippen molar-refractivity contribution in [1.82, 2.24) is 25.3 Å². The monoisotopic (exact) mass is 472 g/mol. The van der Waals surface area contributed by atoms with E-state index >= 15 is 0 Å². The van der Waals surface area contributed by atoms with Gasteiger partial charge >= 0.3 is 12.3 Å². The Bertz CT molecular complexity index is 992. The molecule has 174 valence electrons. The molecule has 12 heteroatoms. The number of alkyl halides is 3. The Labute approximate surface area is 188 Å². The van der Waals surface area contributed by atoms with Gasteiger partial charge < -0.3 is 20.3 Å². The highest BCUT2D eigenvalue weighted by Crippen LogP contribution is 2.32. The van der Waals surface area contributed by atoms with Gasteiger partial charge in [-0.3, -0.25) is 9.67 Å². The van der Waals surface area contributed by atoms with Crippen molar-refractivity contribution in [3.8, 4) is 0 Å². The van der Waals surface area contributed by atoms with E-state index in [4.69, 9.17) is 16.3 Å². The first-order valence-corrected chi connectivity index (χ1v) is 10.3. The number of amides is 1. The van der Waals surface area contributed by atoms with Crippen LogP contribution in [0.2, 0.25) is 5.02 Å². The number of hydrogen-bond acceptors (Lipinski definition) is 4. The maximum atomic E-state index is 13.0. The van der Waals surface area contributed by atoms with Gasteiger partial charge in [0.25, 0.3) is 0 Å². The van der Waals surface area contributed by atoms with Crippen LogP contribution in [-0.4, -0.2) is 47.4 Å². The Hall–Kier alpha value is -2.95. The Morgan fingerprint density at radius 1 is 1.28 bits per heavy atom. The molecular weight excluding hydrogens is 449 g/mol. The van der Waals surface area contributed by atoms with Gasteiger partial charge in [0.2, 0.25) is 0 Å². The van der Waals surface area contributed by atoms with Gasteiger partial charge in [-0.25, -0.2) is 4.79 Å². The third-order valence-corrected chi connectivity index (χ3v) is 5.09. The highest BCUT2D eigenvalue weighted by Gasteiger charge is 2.31. The number of halogens is 4. The van der Waals surface area contributed by atoms with E-state index in [-0.39, 0.29) is 23.7 Å². The Kier molecular flexibility index (Phi) is 7.49. The van der Waals surface area contributed by atoms with E-state index in [0.29, 0.717) is 32.0 Å². The first-order chi connectivity index (χ1) is 15.2. The van der Waals surface area contributed by atoms with Crippen LogP contribution in [0.1, 0.15) is 28.9 Å². The zero-order chi connectivity index (χ0) is 23.3. The first kappa shape index (κ1) is 23.7. The number of aryl methyl sites for hydroxylation is 1. The van der Waals surface area contributed by atoms with E-state index in [0.717, 1.165) is 23.5 Å². The standard InChI is InChI=1S/C20H24ClF3N6O2/c1-25-18(26-2)27-10-16-9-17-11-29(4-3-5-30(17)28-16)19(31)32-12-13-6-14(20(22,23)24)8-15(21)7-13/h6-9H,3-5,10-12H2,1-2H3,(H2,25,26,27). The Morgan fingerprint density at radius 3 is 2.75 bits per heavy atom. The lowest BCUT2D eigenvalue weighted by Crippen LogP contribution is -2.34. The molecule has 2 heterocycles. The predicted octanol–water partition coefficient (Wildman–Crippen LogP) is 3.39. The minimum absolute atomic E-state index is 0.0692. The minimum Gasteiger partial charge on any atom is -0.445 e. The first-order valence-electron chi connectivity index (χ1n) is 9.92. The molecule has 1 amide bonds. The van der Waals surface area contributed by atoms with Crippen LogP contribution in [0.4, 0.5) is 18.0 Å². The minimum atomic E-state index is -4.53. The topological polar surface area (TPSA) is 83.8 Å². The van der Waals surface area contributed by atoms with E-state index in [2.05, 4.69) is 20.7 Å². The highest BCUT2D eigenvalue weighted by molar-refractivity contribution is 6.30. The smallest absolute Gasteiger partial charge is 0.416 e. The summed E-state index contributed by atoms with van der Waals surface area (Å²) < 4.78 is 46.0. The van der Waals surface area contributed by atoms with E-state index < -0.39 is 17.8 Å². The number of ether oxygens (including phenoxy) is 1. The van der Waals surface area contributed by atoms with Crippen molar-refractivity contribution >= 4 is 23.7 Å². The average Bonchev–Trinajstić information content (AvgIpc) is 3.01. The lowest BCUT2D eigenvalue weighted by atomic mass is 10.1. The molecule has 1 aromatic heterocycles. The predicted molar refractivity (Wildman–Crippen MR) is 113 cm³/mol. The van der Waals surface area contributed by atoms with Crippen LogP contribution in [0.5, 0.6) is 0 Å². The number of carbonyl (C=O) groups is 1. The second-order valence-electron chi connectivity index (χ2n) is 7.20. The molecule has 3 rings (SSSR count). The number of guanidine groups is 1. The number of aromatic nitrogens is 2. The molecule has 8 nitrogen and oxygen atoms in total. The van der Waals surface area contributed by atoms with E-state index in [9.17, 15) is 18.0 Å². The molecule has 1 aromatic carbocycles. The number of fused-ring (bicyclic) bond motifs is 1. The Balaban J connectivity index is 1.62. The van der Waals surface area contributed by atoms with Gasteiger partial charge in [0.05, 0.1) is 30.0 Å². The highest BCUT2D eigenvalue weighted by atomic mass is 35.5. The molecule has 32 heavy (non-hydrogen) atoms. The van der Waals surface area contributed by atoms with Gasteiger partial charge in [-0.1, -0.05) is 11.6 Å². The van der Waals surface area contributed by atoms with Crippen molar-refractivity contribution in [1.29, 1.82) is 0 Å². The largest absolute Gasteiger partial charge is 0.445 e. The maximum absolute atomic E-state index is 13.0. The molecule has 2 N–H and O–H groups in total. The molecule has 0 saturated carbocycles. The second-order valence-corrected chi connectivity index (χ2v) is 7.64.